The summed E-state index contributed by atoms with van der Waals surface area (Å²) in [7, 11) is -3.83. The van der Waals surface area contributed by atoms with Gasteiger partial charge >= 0.3 is 0 Å². The Hall–Kier alpha value is -3.86. The van der Waals surface area contributed by atoms with Crippen LogP contribution in [-0.2, 0) is 10.0 Å². The number of aryl methyl sites for hydroxylation is 1. The van der Waals surface area contributed by atoms with E-state index in [1.807, 2.05) is 55.5 Å². The molecule has 0 aliphatic rings. The van der Waals surface area contributed by atoms with Crippen molar-refractivity contribution in [2.45, 2.75) is 18.7 Å². The molecule has 40 heavy (non-hydrogen) atoms. The summed E-state index contributed by atoms with van der Waals surface area (Å²) in [6.07, 6.45) is 1.60. The highest BCUT2D eigenvalue weighted by Gasteiger charge is 2.25. The molecule has 0 aliphatic carbocycles. The minimum atomic E-state index is -3.83. The van der Waals surface area contributed by atoms with E-state index in [4.69, 9.17) is 0 Å². The summed E-state index contributed by atoms with van der Waals surface area (Å²) >= 11 is 4.79. The van der Waals surface area contributed by atoms with Crippen LogP contribution in [0.25, 0.3) is 10.2 Å². The second-order valence-electron chi connectivity index (χ2n) is 8.91. The summed E-state index contributed by atoms with van der Waals surface area (Å²) in [5, 5.41) is 6.18. The van der Waals surface area contributed by atoms with Crippen LogP contribution in [0.2, 0.25) is 0 Å². The fourth-order valence-electron chi connectivity index (χ4n) is 4.08. The minimum Gasteiger partial charge on any atom is -0.267 e. The smallest absolute Gasteiger partial charge is 0.267 e. The first kappa shape index (κ1) is 27.7. The van der Waals surface area contributed by atoms with Gasteiger partial charge in [0.15, 0.2) is 0 Å². The van der Waals surface area contributed by atoms with Crippen LogP contribution in [-0.4, -0.2) is 32.1 Å². The zero-order valence-electron chi connectivity index (χ0n) is 21.7. The number of halogens is 1. The molecular weight excluding hydrogens is 608 g/mol. The highest BCUT2D eigenvalue weighted by atomic mass is 79.9. The quantitative estimate of drug-likeness (QED) is 0.133. The third-order valence-corrected chi connectivity index (χ3v) is 9.56. The number of hydrogen-bond acceptors (Lipinski definition) is 6. The number of fused-ring (bicyclic) bond motifs is 1. The van der Waals surface area contributed by atoms with E-state index in [0.29, 0.717) is 10.8 Å². The largest absolute Gasteiger partial charge is 0.280 e. The van der Waals surface area contributed by atoms with Gasteiger partial charge in [0, 0.05) is 16.6 Å². The number of thiazole rings is 1. The fourth-order valence-corrected chi connectivity index (χ4v) is 6.84. The van der Waals surface area contributed by atoms with Crippen molar-refractivity contribution in [3.05, 3.63) is 118 Å². The molecular formula is C30H25BrN4O3S2. The zero-order valence-corrected chi connectivity index (χ0v) is 24.9. The molecule has 5 aromatic rings. The van der Waals surface area contributed by atoms with E-state index in [-0.39, 0.29) is 17.0 Å². The van der Waals surface area contributed by atoms with Crippen molar-refractivity contribution in [2.75, 3.05) is 15.9 Å². The molecule has 0 fully saturated rings. The van der Waals surface area contributed by atoms with E-state index in [9.17, 15) is 13.2 Å². The van der Waals surface area contributed by atoms with E-state index in [2.05, 4.69) is 26.0 Å². The number of hydrogen-bond donors (Lipinski definition) is 0. The molecule has 0 unspecified atom stereocenters. The number of aromatic nitrogens is 1. The number of hydrazone groups is 1. The van der Waals surface area contributed by atoms with Crippen molar-refractivity contribution in [3.8, 4) is 0 Å². The van der Waals surface area contributed by atoms with Crippen molar-refractivity contribution in [1.82, 2.24) is 4.98 Å². The van der Waals surface area contributed by atoms with Crippen molar-refractivity contribution in [1.29, 1.82) is 0 Å². The van der Waals surface area contributed by atoms with Crippen LogP contribution in [0, 0.1) is 6.92 Å². The molecule has 1 amide bonds. The molecule has 4 aromatic carbocycles. The van der Waals surface area contributed by atoms with Crippen LogP contribution < -0.4 is 9.31 Å². The van der Waals surface area contributed by atoms with Gasteiger partial charge in [0.25, 0.3) is 15.9 Å². The normalized spacial score (nSPS) is 11.7. The second kappa shape index (κ2) is 11.7. The molecule has 202 valence electrons. The van der Waals surface area contributed by atoms with Crippen molar-refractivity contribution in [2.24, 2.45) is 5.10 Å². The molecule has 0 atom stereocenters. The van der Waals surface area contributed by atoms with Gasteiger partial charge in [-0.2, -0.15) is 10.1 Å². The van der Waals surface area contributed by atoms with Crippen LogP contribution in [0.3, 0.4) is 0 Å². The molecule has 7 nitrogen and oxygen atoms in total. The van der Waals surface area contributed by atoms with Gasteiger partial charge in [0.2, 0.25) is 5.13 Å². The first-order valence-electron chi connectivity index (χ1n) is 12.5. The van der Waals surface area contributed by atoms with Crippen molar-refractivity contribution < 1.29 is 13.2 Å². The Kier molecular flexibility index (Phi) is 8.11. The number of carbonyl (C=O) groups excluding carboxylic acids is 1. The molecule has 0 bridgehead atoms. The number of rotatable bonds is 8. The standard InChI is InChI=1S/C30H25BrN4O3S2/c1-3-34(25-7-5-4-6-8-25)40(37,38)26-16-12-23(13-17-26)29(36)35(32-20-22-10-14-24(31)15-11-22)30-33-27-18-9-21(2)19-28(27)39-30/h4-20H,3H2,1-2H3/b32-20+. The number of nitrogens with zero attached hydrogens (tertiary/aromatic N) is 4. The number of anilines is 2. The van der Waals surface area contributed by atoms with E-state index in [0.717, 1.165) is 25.8 Å². The Bertz CT molecular complexity index is 1790. The third kappa shape index (κ3) is 5.84. The van der Waals surface area contributed by atoms with E-state index < -0.39 is 15.9 Å². The molecule has 0 spiro atoms. The highest BCUT2D eigenvalue weighted by molar-refractivity contribution is 9.10. The number of para-hydroxylation sites is 1. The average Bonchev–Trinajstić information content (AvgIpc) is 3.37. The highest BCUT2D eigenvalue weighted by Crippen LogP contribution is 2.31. The van der Waals surface area contributed by atoms with Gasteiger partial charge < -0.3 is 0 Å². The molecule has 0 radical (unpaired) electrons. The molecule has 10 heteroatoms. The van der Waals surface area contributed by atoms with Crippen LogP contribution in [0.4, 0.5) is 10.8 Å². The first-order chi connectivity index (χ1) is 19.3. The predicted octanol–water partition coefficient (Wildman–Crippen LogP) is 7.26. The predicted molar refractivity (Wildman–Crippen MR) is 166 cm³/mol. The number of amides is 1. The lowest BCUT2D eigenvalue weighted by atomic mass is 10.2. The second-order valence-corrected chi connectivity index (χ2v) is 12.7. The third-order valence-electron chi connectivity index (χ3n) is 6.12. The summed E-state index contributed by atoms with van der Waals surface area (Å²) in [5.74, 6) is -0.427. The summed E-state index contributed by atoms with van der Waals surface area (Å²) in [5.41, 5.74) is 3.52. The minimum absolute atomic E-state index is 0.0927. The van der Waals surface area contributed by atoms with Crippen molar-refractivity contribution in [3.63, 3.8) is 0 Å². The average molecular weight is 634 g/mol. The van der Waals surface area contributed by atoms with Gasteiger partial charge in [0.1, 0.15) is 0 Å². The Balaban J connectivity index is 1.49. The Morgan fingerprint density at radius 2 is 1.68 bits per heavy atom. The SMILES string of the molecule is CCN(c1ccccc1)S(=O)(=O)c1ccc(C(=O)N(/N=C/c2ccc(Br)cc2)c2nc3ccc(C)cc3s2)cc1. The number of carbonyl (C=O) groups is 1. The molecule has 1 aromatic heterocycles. The maximum absolute atomic E-state index is 13.7. The van der Waals surface area contributed by atoms with E-state index >= 15 is 0 Å². The van der Waals surface area contributed by atoms with E-state index in [1.165, 1.54) is 44.9 Å². The zero-order chi connectivity index (χ0) is 28.3. The van der Waals surface area contributed by atoms with Crippen LogP contribution >= 0.6 is 27.3 Å². The molecule has 0 aliphatic heterocycles. The topological polar surface area (TPSA) is 82.9 Å². The molecule has 5 rings (SSSR count). The molecule has 0 saturated carbocycles. The number of benzene rings is 4. The van der Waals surface area contributed by atoms with Gasteiger partial charge in [-0.3, -0.25) is 9.10 Å². The van der Waals surface area contributed by atoms with Gasteiger partial charge in [-0.1, -0.05) is 63.7 Å². The monoisotopic (exact) mass is 632 g/mol. The summed E-state index contributed by atoms with van der Waals surface area (Å²) in [4.78, 5) is 18.5. The van der Waals surface area contributed by atoms with Gasteiger partial charge in [-0.15, -0.1) is 0 Å². The molecule has 0 saturated heterocycles. The van der Waals surface area contributed by atoms with Gasteiger partial charge in [-0.25, -0.2) is 13.4 Å². The van der Waals surface area contributed by atoms with Crippen LogP contribution in [0.15, 0.2) is 112 Å². The summed E-state index contributed by atoms with van der Waals surface area (Å²) in [6, 6.07) is 28.3. The van der Waals surface area contributed by atoms with Crippen LogP contribution in [0.5, 0.6) is 0 Å². The maximum Gasteiger partial charge on any atom is 0.280 e. The van der Waals surface area contributed by atoms with Gasteiger partial charge in [0.05, 0.1) is 27.0 Å². The summed E-state index contributed by atoms with van der Waals surface area (Å²) in [6.45, 7) is 4.05. The molecule has 1 heterocycles. The molecule has 0 N–H and O–H groups in total. The number of sulfonamides is 1. The Labute approximate surface area is 245 Å². The van der Waals surface area contributed by atoms with Gasteiger partial charge in [-0.05, 0) is 85.6 Å². The lowest BCUT2D eigenvalue weighted by Gasteiger charge is -2.23. The van der Waals surface area contributed by atoms with E-state index in [1.54, 1.807) is 37.4 Å². The Morgan fingerprint density at radius 3 is 2.35 bits per heavy atom. The van der Waals surface area contributed by atoms with Crippen LogP contribution in [0.1, 0.15) is 28.4 Å². The maximum atomic E-state index is 13.7. The fraction of sp³-hybridized carbons (Fsp3) is 0.100. The first-order valence-corrected chi connectivity index (χ1v) is 15.5. The lowest BCUT2D eigenvalue weighted by Crippen LogP contribution is -2.31. The summed E-state index contributed by atoms with van der Waals surface area (Å²) < 4.78 is 30.0. The Morgan fingerprint density at radius 1 is 0.975 bits per heavy atom. The van der Waals surface area contributed by atoms with Crippen molar-refractivity contribution >= 4 is 70.4 Å². The lowest BCUT2D eigenvalue weighted by molar-refractivity contribution is 0.0987.